The second kappa shape index (κ2) is 8.18. The van der Waals surface area contributed by atoms with Gasteiger partial charge < -0.3 is 10.2 Å². The summed E-state index contributed by atoms with van der Waals surface area (Å²) in [5, 5.41) is 3.54. The van der Waals surface area contributed by atoms with Crippen LogP contribution in [0.3, 0.4) is 0 Å². The van der Waals surface area contributed by atoms with Gasteiger partial charge in [-0.25, -0.2) is 4.98 Å². The van der Waals surface area contributed by atoms with Crippen molar-refractivity contribution in [3.8, 4) is 0 Å². The number of anilines is 1. The molecular formula is C18H29N3. The van der Waals surface area contributed by atoms with E-state index in [1.807, 2.05) is 0 Å². The largest absolute Gasteiger partial charge is 0.353 e. The van der Waals surface area contributed by atoms with Crippen molar-refractivity contribution in [3.63, 3.8) is 0 Å². The van der Waals surface area contributed by atoms with Gasteiger partial charge in [0.2, 0.25) is 0 Å². The zero-order chi connectivity index (χ0) is 15.1. The lowest BCUT2D eigenvalue weighted by atomic mass is 10.1. The van der Waals surface area contributed by atoms with Crippen molar-refractivity contribution in [2.75, 3.05) is 24.5 Å². The molecule has 0 radical (unpaired) electrons. The second-order valence-electron chi connectivity index (χ2n) is 6.31. The van der Waals surface area contributed by atoms with E-state index in [-0.39, 0.29) is 0 Å². The molecule has 21 heavy (non-hydrogen) atoms. The summed E-state index contributed by atoms with van der Waals surface area (Å²) >= 11 is 0. The highest BCUT2D eigenvalue weighted by Gasteiger charge is 2.11. The molecule has 0 fully saturated rings. The van der Waals surface area contributed by atoms with Crippen molar-refractivity contribution in [1.82, 2.24) is 10.3 Å². The lowest BCUT2D eigenvalue weighted by Gasteiger charge is -2.25. The highest BCUT2D eigenvalue weighted by Crippen LogP contribution is 2.18. The third-order valence-corrected chi connectivity index (χ3v) is 3.69. The van der Waals surface area contributed by atoms with Gasteiger partial charge >= 0.3 is 0 Å². The van der Waals surface area contributed by atoms with E-state index in [9.17, 15) is 0 Å². The maximum absolute atomic E-state index is 4.85. The molecule has 3 nitrogen and oxygen atoms in total. The van der Waals surface area contributed by atoms with Gasteiger partial charge in [-0.05, 0) is 43.0 Å². The number of hydrogen-bond acceptors (Lipinski definition) is 3. The van der Waals surface area contributed by atoms with Gasteiger partial charge in [0.25, 0.3) is 0 Å². The van der Waals surface area contributed by atoms with Crippen molar-refractivity contribution in [2.45, 2.75) is 46.6 Å². The molecular weight excluding hydrogens is 258 g/mol. The van der Waals surface area contributed by atoms with E-state index >= 15 is 0 Å². The van der Waals surface area contributed by atoms with E-state index in [1.54, 1.807) is 0 Å². The molecule has 0 saturated heterocycles. The normalized spacial score (nSPS) is 15.0. The fourth-order valence-electron chi connectivity index (χ4n) is 2.64. The number of aromatic nitrogens is 1. The Morgan fingerprint density at radius 1 is 1.29 bits per heavy atom. The maximum Gasteiger partial charge on any atom is 0.129 e. The Kier molecular flexibility index (Phi) is 6.24. The van der Waals surface area contributed by atoms with Crippen LogP contribution in [-0.4, -0.2) is 24.6 Å². The summed E-state index contributed by atoms with van der Waals surface area (Å²) in [7, 11) is 0. The van der Waals surface area contributed by atoms with Crippen LogP contribution in [0, 0.1) is 5.92 Å². The number of aryl methyl sites for hydroxylation is 1. The highest BCUT2D eigenvalue weighted by molar-refractivity contribution is 5.44. The SMILES string of the molecule is CCCc1cc(CNCC(C)C)cc(N2CC=CCC2)n1. The lowest BCUT2D eigenvalue weighted by Crippen LogP contribution is -2.28. The molecule has 3 heteroatoms. The molecule has 0 amide bonds. The Hall–Kier alpha value is -1.35. The van der Waals surface area contributed by atoms with Crippen molar-refractivity contribution in [2.24, 2.45) is 5.92 Å². The minimum atomic E-state index is 0.689. The molecule has 2 heterocycles. The van der Waals surface area contributed by atoms with Crippen LogP contribution < -0.4 is 10.2 Å². The van der Waals surface area contributed by atoms with Gasteiger partial charge in [-0.1, -0.05) is 39.3 Å². The summed E-state index contributed by atoms with van der Waals surface area (Å²) < 4.78 is 0. The fourth-order valence-corrected chi connectivity index (χ4v) is 2.64. The van der Waals surface area contributed by atoms with Crippen LogP contribution in [0.5, 0.6) is 0 Å². The molecule has 0 aromatic carbocycles. The van der Waals surface area contributed by atoms with E-state index < -0.39 is 0 Å². The van der Waals surface area contributed by atoms with Gasteiger partial charge in [-0.15, -0.1) is 0 Å². The van der Waals surface area contributed by atoms with Crippen LogP contribution in [-0.2, 0) is 13.0 Å². The van der Waals surface area contributed by atoms with Crippen molar-refractivity contribution >= 4 is 5.82 Å². The average molecular weight is 287 g/mol. The van der Waals surface area contributed by atoms with Gasteiger partial charge in [0.15, 0.2) is 0 Å². The minimum absolute atomic E-state index is 0.689. The third-order valence-electron chi connectivity index (χ3n) is 3.69. The molecule has 0 atom stereocenters. The van der Waals surface area contributed by atoms with Crippen LogP contribution >= 0.6 is 0 Å². The van der Waals surface area contributed by atoms with Crippen LogP contribution in [0.4, 0.5) is 5.82 Å². The zero-order valence-corrected chi connectivity index (χ0v) is 13.7. The summed E-state index contributed by atoms with van der Waals surface area (Å²) in [6.45, 7) is 10.8. The van der Waals surface area contributed by atoms with Crippen molar-refractivity contribution < 1.29 is 0 Å². The number of hydrogen-bond donors (Lipinski definition) is 1. The number of nitrogens with zero attached hydrogens (tertiary/aromatic N) is 2. The van der Waals surface area contributed by atoms with E-state index in [1.165, 1.54) is 11.3 Å². The van der Waals surface area contributed by atoms with E-state index in [2.05, 4.69) is 55.3 Å². The van der Waals surface area contributed by atoms with E-state index in [4.69, 9.17) is 4.98 Å². The minimum Gasteiger partial charge on any atom is -0.353 e. The summed E-state index contributed by atoms with van der Waals surface area (Å²) in [6, 6.07) is 4.52. The molecule has 1 N–H and O–H groups in total. The fraction of sp³-hybridized carbons (Fsp3) is 0.611. The van der Waals surface area contributed by atoms with Gasteiger partial charge in [-0.3, -0.25) is 0 Å². The molecule has 0 unspecified atom stereocenters. The van der Waals surface area contributed by atoms with E-state index in [0.717, 1.165) is 51.3 Å². The third kappa shape index (κ3) is 5.16. The Morgan fingerprint density at radius 2 is 2.14 bits per heavy atom. The Balaban J connectivity index is 2.11. The molecule has 0 aliphatic carbocycles. The molecule has 0 saturated carbocycles. The quantitative estimate of drug-likeness (QED) is 0.777. The lowest BCUT2D eigenvalue weighted by molar-refractivity contribution is 0.552. The number of nitrogens with one attached hydrogen (secondary N) is 1. The summed E-state index contributed by atoms with van der Waals surface area (Å²) in [4.78, 5) is 7.23. The zero-order valence-electron chi connectivity index (χ0n) is 13.7. The first-order chi connectivity index (χ1) is 10.2. The van der Waals surface area contributed by atoms with Gasteiger partial charge in [0.1, 0.15) is 5.82 Å². The Labute approximate surface area is 129 Å². The monoisotopic (exact) mass is 287 g/mol. The van der Waals surface area contributed by atoms with Crippen LogP contribution in [0.25, 0.3) is 0 Å². The first-order valence-electron chi connectivity index (χ1n) is 8.29. The second-order valence-corrected chi connectivity index (χ2v) is 6.31. The van der Waals surface area contributed by atoms with Crippen molar-refractivity contribution in [3.05, 3.63) is 35.5 Å². The summed E-state index contributed by atoms with van der Waals surface area (Å²) in [5.41, 5.74) is 2.59. The molecule has 116 valence electrons. The van der Waals surface area contributed by atoms with E-state index in [0.29, 0.717) is 5.92 Å². The molecule has 1 aliphatic rings. The average Bonchev–Trinajstić information content (AvgIpc) is 2.48. The summed E-state index contributed by atoms with van der Waals surface area (Å²) in [5.74, 6) is 1.83. The molecule has 0 spiro atoms. The Morgan fingerprint density at radius 3 is 2.81 bits per heavy atom. The van der Waals surface area contributed by atoms with Gasteiger partial charge in [0, 0.05) is 25.3 Å². The molecule has 2 rings (SSSR count). The number of pyridine rings is 1. The predicted octanol–water partition coefficient (Wildman–Crippen LogP) is 3.55. The standard InChI is InChI=1S/C18H29N3/c1-4-8-17-11-16(14-19-13-15(2)3)12-18(20-17)21-9-6-5-7-10-21/h5-6,11-12,15,19H,4,7-10,13-14H2,1-3H3. The smallest absolute Gasteiger partial charge is 0.129 e. The van der Waals surface area contributed by atoms with Gasteiger partial charge in [0.05, 0.1) is 0 Å². The van der Waals surface area contributed by atoms with Crippen LogP contribution in [0.1, 0.15) is 44.9 Å². The first kappa shape index (κ1) is 16.0. The van der Waals surface area contributed by atoms with Crippen molar-refractivity contribution in [1.29, 1.82) is 0 Å². The highest BCUT2D eigenvalue weighted by atomic mass is 15.2. The molecule has 1 aromatic rings. The predicted molar refractivity (Wildman–Crippen MR) is 90.7 cm³/mol. The topological polar surface area (TPSA) is 28.2 Å². The van der Waals surface area contributed by atoms with Gasteiger partial charge in [-0.2, -0.15) is 0 Å². The maximum atomic E-state index is 4.85. The summed E-state index contributed by atoms with van der Waals surface area (Å²) in [6.07, 6.45) is 7.84. The van der Waals surface area contributed by atoms with Crippen LogP contribution in [0.15, 0.2) is 24.3 Å². The molecule has 1 aromatic heterocycles. The number of rotatable bonds is 7. The Bertz CT molecular complexity index is 466. The molecule has 0 bridgehead atoms. The molecule has 1 aliphatic heterocycles. The first-order valence-corrected chi connectivity index (χ1v) is 8.29. The van der Waals surface area contributed by atoms with Crippen LogP contribution in [0.2, 0.25) is 0 Å².